The molecule has 5 nitrogen and oxygen atoms in total. The van der Waals surface area contributed by atoms with Gasteiger partial charge in [-0.05, 0) is 30.2 Å². The molecule has 2 rings (SSSR count). The number of carbonyl (C=O) groups excluding carboxylic acids is 1. The van der Waals surface area contributed by atoms with Crippen molar-refractivity contribution < 1.29 is 14.6 Å². The van der Waals surface area contributed by atoms with Crippen molar-refractivity contribution >= 4 is 11.6 Å². The Labute approximate surface area is 130 Å². The summed E-state index contributed by atoms with van der Waals surface area (Å²) in [7, 11) is 1.61. The van der Waals surface area contributed by atoms with Gasteiger partial charge >= 0.3 is 0 Å². The summed E-state index contributed by atoms with van der Waals surface area (Å²) in [4.78, 5) is 16.5. The van der Waals surface area contributed by atoms with Crippen LogP contribution in [-0.2, 0) is 11.4 Å². The van der Waals surface area contributed by atoms with Crippen LogP contribution in [0.4, 0.5) is 5.69 Å². The largest absolute Gasteiger partial charge is 0.497 e. The number of hydrogen-bond acceptors (Lipinski definition) is 4. The fraction of sp³-hybridized carbons (Fsp3) is 0.294. The van der Waals surface area contributed by atoms with Crippen molar-refractivity contribution in [2.45, 2.75) is 25.9 Å². The number of pyridine rings is 1. The zero-order chi connectivity index (χ0) is 15.9. The van der Waals surface area contributed by atoms with Crippen LogP contribution in [-0.4, -0.2) is 23.1 Å². The van der Waals surface area contributed by atoms with Crippen LogP contribution in [0.2, 0.25) is 0 Å². The number of amides is 1. The topological polar surface area (TPSA) is 71.5 Å². The SMILES string of the molecule is CC[C@@H](C(=O)Nc1cnccc1CO)c1ccc(OC)cc1. The zero-order valence-electron chi connectivity index (χ0n) is 12.7. The number of aliphatic hydroxyl groups excluding tert-OH is 1. The van der Waals surface area contributed by atoms with Crippen molar-refractivity contribution in [2.24, 2.45) is 0 Å². The van der Waals surface area contributed by atoms with E-state index in [9.17, 15) is 9.90 Å². The van der Waals surface area contributed by atoms with E-state index in [0.29, 0.717) is 17.7 Å². The minimum absolute atomic E-state index is 0.115. The molecule has 0 aliphatic heterocycles. The van der Waals surface area contributed by atoms with Crippen LogP contribution in [0.25, 0.3) is 0 Å². The van der Waals surface area contributed by atoms with Crippen molar-refractivity contribution in [3.05, 3.63) is 53.9 Å². The second-order valence-electron chi connectivity index (χ2n) is 4.91. The first kappa shape index (κ1) is 16.0. The zero-order valence-corrected chi connectivity index (χ0v) is 12.7. The van der Waals surface area contributed by atoms with E-state index in [0.717, 1.165) is 11.3 Å². The Kier molecular flexibility index (Phi) is 5.49. The van der Waals surface area contributed by atoms with Gasteiger partial charge in [-0.3, -0.25) is 9.78 Å². The Morgan fingerprint density at radius 3 is 2.64 bits per heavy atom. The van der Waals surface area contributed by atoms with E-state index in [1.165, 1.54) is 0 Å². The van der Waals surface area contributed by atoms with E-state index in [2.05, 4.69) is 10.3 Å². The highest BCUT2D eigenvalue weighted by Crippen LogP contribution is 2.24. The molecule has 116 valence electrons. The van der Waals surface area contributed by atoms with Crippen LogP contribution in [0.3, 0.4) is 0 Å². The molecule has 1 atom stereocenters. The van der Waals surface area contributed by atoms with Crippen LogP contribution < -0.4 is 10.1 Å². The molecular formula is C17H20N2O3. The predicted octanol–water partition coefficient (Wildman–Crippen LogP) is 2.71. The molecule has 0 aliphatic carbocycles. The van der Waals surface area contributed by atoms with Gasteiger partial charge in [-0.15, -0.1) is 0 Å². The summed E-state index contributed by atoms with van der Waals surface area (Å²) in [5, 5.41) is 12.2. The van der Waals surface area contributed by atoms with Crippen LogP contribution in [0, 0.1) is 0 Å². The lowest BCUT2D eigenvalue weighted by molar-refractivity contribution is -0.117. The minimum Gasteiger partial charge on any atom is -0.497 e. The number of nitrogens with zero attached hydrogens (tertiary/aromatic N) is 1. The summed E-state index contributed by atoms with van der Waals surface area (Å²) >= 11 is 0. The Morgan fingerprint density at radius 1 is 1.32 bits per heavy atom. The number of ether oxygens (including phenoxy) is 1. The number of aromatic nitrogens is 1. The molecule has 1 aromatic carbocycles. The number of methoxy groups -OCH3 is 1. The lowest BCUT2D eigenvalue weighted by Crippen LogP contribution is -2.21. The van der Waals surface area contributed by atoms with E-state index < -0.39 is 0 Å². The molecule has 1 heterocycles. The monoisotopic (exact) mass is 300 g/mol. The first-order valence-corrected chi connectivity index (χ1v) is 7.18. The molecule has 1 amide bonds. The third-order valence-electron chi connectivity index (χ3n) is 3.58. The quantitative estimate of drug-likeness (QED) is 0.860. The van der Waals surface area contributed by atoms with Gasteiger partial charge in [0.2, 0.25) is 5.91 Å². The van der Waals surface area contributed by atoms with E-state index in [-0.39, 0.29) is 18.4 Å². The molecule has 0 aliphatic rings. The summed E-state index contributed by atoms with van der Waals surface area (Å²) in [6, 6.07) is 9.15. The molecule has 0 unspecified atom stereocenters. The summed E-state index contributed by atoms with van der Waals surface area (Å²) < 4.78 is 5.13. The van der Waals surface area contributed by atoms with Crippen LogP contribution in [0.1, 0.15) is 30.4 Å². The summed E-state index contributed by atoms with van der Waals surface area (Å²) in [6.45, 7) is 1.82. The van der Waals surface area contributed by atoms with Crippen molar-refractivity contribution in [3.8, 4) is 5.75 Å². The fourth-order valence-electron chi connectivity index (χ4n) is 2.30. The number of hydrogen-bond donors (Lipinski definition) is 2. The minimum atomic E-state index is -0.266. The van der Waals surface area contributed by atoms with Crippen molar-refractivity contribution in [1.29, 1.82) is 0 Å². The van der Waals surface area contributed by atoms with Crippen molar-refractivity contribution in [1.82, 2.24) is 4.98 Å². The number of aliphatic hydroxyl groups is 1. The lowest BCUT2D eigenvalue weighted by atomic mass is 9.95. The van der Waals surface area contributed by atoms with Crippen LogP contribution >= 0.6 is 0 Å². The summed E-state index contributed by atoms with van der Waals surface area (Å²) in [5.41, 5.74) is 2.12. The van der Waals surface area contributed by atoms with Crippen molar-refractivity contribution in [3.63, 3.8) is 0 Å². The highest BCUT2D eigenvalue weighted by Gasteiger charge is 2.19. The molecule has 0 saturated heterocycles. The van der Waals surface area contributed by atoms with Crippen LogP contribution in [0.15, 0.2) is 42.7 Å². The van der Waals surface area contributed by atoms with Gasteiger partial charge in [0, 0.05) is 11.8 Å². The maximum absolute atomic E-state index is 12.5. The first-order chi connectivity index (χ1) is 10.7. The molecule has 2 aromatic rings. The Morgan fingerprint density at radius 2 is 2.05 bits per heavy atom. The van der Waals surface area contributed by atoms with Crippen molar-refractivity contribution in [2.75, 3.05) is 12.4 Å². The Bertz CT molecular complexity index is 626. The highest BCUT2D eigenvalue weighted by atomic mass is 16.5. The van der Waals surface area contributed by atoms with Gasteiger partial charge in [0.05, 0.1) is 31.5 Å². The van der Waals surface area contributed by atoms with E-state index in [1.807, 2.05) is 31.2 Å². The van der Waals surface area contributed by atoms with E-state index in [1.54, 1.807) is 25.6 Å². The average Bonchev–Trinajstić information content (AvgIpc) is 2.56. The summed E-state index contributed by atoms with van der Waals surface area (Å²) in [6.07, 6.45) is 3.80. The maximum Gasteiger partial charge on any atom is 0.231 e. The van der Waals surface area contributed by atoms with Gasteiger partial charge in [-0.2, -0.15) is 0 Å². The molecule has 1 aromatic heterocycles. The summed E-state index contributed by atoms with van der Waals surface area (Å²) in [5.74, 6) is 0.377. The lowest BCUT2D eigenvalue weighted by Gasteiger charge is -2.17. The number of carbonyl (C=O) groups is 1. The number of nitrogens with one attached hydrogen (secondary N) is 1. The van der Waals surface area contributed by atoms with E-state index in [4.69, 9.17) is 4.74 Å². The molecular weight excluding hydrogens is 280 g/mol. The second kappa shape index (κ2) is 7.56. The molecule has 0 spiro atoms. The molecule has 0 bridgehead atoms. The Balaban J connectivity index is 2.17. The van der Waals surface area contributed by atoms with Gasteiger partial charge in [-0.1, -0.05) is 19.1 Å². The average molecular weight is 300 g/mol. The number of rotatable bonds is 6. The molecule has 2 N–H and O–H groups in total. The molecule has 22 heavy (non-hydrogen) atoms. The second-order valence-corrected chi connectivity index (χ2v) is 4.91. The smallest absolute Gasteiger partial charge is 0.231 e. The first-order valence-electron chi connectivity index (χ1n) is 7.18. The molecule has 0 radical (unpaired) electrons. The maximum atomic E-state index is 12.5. The predicted molar refractivity (Wildman–Crippen MR) is 84.8 cm³/mol. The van der Waals surface area contributed by atoms with Gasteiger partial charge in [-0.25, -0.2) is 0 Å². The fourth-order valence-corrected chi connectivity index (χ4v) is 2.30. The molecule has 5 heteroatoms. The highest BCUT2D eigenvalue weighted by molar-refractivity contribution is 5.96. The standard InChI is InChI=1S/C17H20N2O3/c1-3-15(12-4-6-14(22-2)7-5-12)17(21)19-16-10-18-9-8-13(16)11-20/h4-10,15,20H,3,11H2,1-2H3,(H,19,21)/t15-/m1/s1. The molecule has 0 fully saturated rings. The van der Waals surface area contributed by atoms with Crippen LogP contribution in [0.5, 0.6) is 5.75 Å². The third kappa shape index (κ3) is 3.62. The Hall–Kier alpha value is -2.40. The third-order valence-corrected chi connectivity index (χ3v) is 3.58. The van der Waals surface area contributed by atoms with Gasteiger partial charge in [0.25, 0.3) is 0 Å². The normalized spacial score (nSPS) is 11.8. The van der Waals surface area contributed by atoms with E-state index >= 15 is 0 Å². The van der Waals surface area contributed by atoms with Gasteiger partial charge < -0.3 is 15.2 Å². The van der Waals surface area contributed by atoms with Gasteiger partial charge in [0.15, 0.2) is 0 Å². The van der Waals surface area contributed by atoms with Gasteiger partial charge in [0.1, 0.15) is 5.75 Å². The number of benzene rings is 1. The number of anilines is 1. The molecule has 0 saturated carbocycles.